The van der Waals surface area contributed by atoms with Gasteiger partial charge in [-0.15, -0.1) is 0 Å². The van der Waals surface area contributed by atoms with Crippen LogP contribution in [0.2, 0.25) is 0 Å². The van der Waals surface area contributed by atoms with Crippen LogP contribution < -0.4 is 0 Å². The third-order valence-corrected chi connectivity index (χ3v) is 4.10. The molecule has 0 aliphatic rings. The van der Waals surface area contributed by atoms with Crippen LogP contribution in [0.4, 0.5) is 0 Å². The number of rotatable bonds is 5. The molecular formula is C20H18N2O. The molecule has 0 fully saturated rings. The van der Waals surface area contributed by atoms with Gasteiger partial charge in [-0.3, -0.25) is 0 Å². The first-order valence-corrected chi connectivity index (χ1v) is 7.87. The third kappa shape index (κ3) is 2.71. The summed E-state index contributed by atoms with van der Waals surface area (Å²) in [4.78, 5) is 4.56. The highest BCUT2D eigenvalue weighted by Crippen LogP contribution is 2.27. The summed E-state index contributed by atoms with van der Waals surface area (Å²) in [5.74, 6) is 0. The molecule has 2 aromatic carbocycles. The second-order valence-corrected chi connectivity index (χ2v) is 5.58. The first kappa shape index (κ1) is 14.0. The molecule has 3 heteroatoms. The average Bonchev–Trinajstić information content (AvgIpc) is 2.94. The minimum absolute atomic E-state index is 0.644. The van der Waals surface area contributed by atoms with E-state index in [1.165, 1.54) is 21.9 Å². The maximum absolute atomic E-state index is 5.84. The van der Waals surface area contributed by atoms with Crippen LogP contribution in [0.1, 0.15) is 5.56 Å². The van der Waals surface area contributed by atoms with Crippen LogP contribution in [0, 0.1) is 0 Å². The summed E-state index contributed by atoms with van der Waals surface area (Å²) in [6, 6.07) is 22.8. The molecule has 0 saturated carbocycles. The molecule has 0 bridgehead atoms. The van der Waals surface area contributed by atoms with Crippen LogP contribution in [0.15, 0.2) is 72.9 Å². The van der Waals surface area contributed by atoms with E-state index >= 15 is 0 Å². The minimum Gasteiger partial charge on any atom is -0.375 e. The Balaban J connectivity index is 1.56. The van der Waals surface area contributed by atoms with Gasteiger partial charge in [-0.25, -0.2) is 4.98 Å². The Kier molecular flexibility index (Phi) is 3.78. The number of hydrogen-bond acceptors (Lipinski definition) is 2. The molecule has 2 heterocycles. The quantitative estimate of drug-likeness (QED) is 0.511. The number of nitrogens with zero attached hydrogens (tertiary/aromatic N) is 2. The summed E-state index contributed by atoms with van der Waals surface area (Å²) < 4.78 is 8.09. The molecule has 0 N–H and O–H groups in total. The third-order valence-electron chi connectivity index (χ3n) is 4.10. The summed E-state index contributed by atoms with van der Waals surface area (Å²) in [6.45, 7) is 2.11. The number of aromatic nitrogens is 2. The van der Waals surface area contributed by atoms with Gasteiger partial charge in [0.05, 0.1) is 18.7 Å². The van der Waals surface area contributed by atoms with E-state index in [0.717, 1.165) is 12.2 Å². The maximum atomic E-state index is 5.84. The van der Waals surface area contributed by atoms with Crippen molar-refractivity contribution in [2.24, 2.45) is 0 Å². The van der Waals surface area contributed by atoms with E-state index in [2.05, 4.69) is 52.0 Å². The summed E-state index contributed by atoms with van der Waals surface area (Å²) >= 11 is 0. The molecule has 0 saturated heterocycles. The first-order valence-electron chi connectivity index (χ1n) is 7.87. The molecule has 23 heavy (non-hydrogen) atoms. The molecule has 4 aromatic rings. The summed E-state index contributed by atoms with van der Waals surface area (Å²) in [5, 5.41) is 2.45. The van der Waals surface area contributed by atoms with Crippen molar-refractivity contribution in [3.63, 3.8) is 0 Å². The van der Waals surface area contributed by atoms with E-state index in [-0.39, 0.29) is 0 Å². The molecule has 0 unspecified atom stereocenters. The Morgan fingerprint density at radius 3 is 2.52 bits per heavy atom. The van der Waals surface area contributed by atoms with Gasteiger partial charge in [-0.2, -0.15) is 0 Å². The van der Waals surface area contributed by atoms with Gasteiger partial charge in [0.15, 0.2) is 0 Å². The van der Waals surface area contributed by atoms with Crippen LogP contribution in [0.5, 0.6) is 0 Å². The van der Waals surface area contributed by atoms with Crippen molar-refractivity contribution in [1.82, 2.24) is 9.55 Å². The summed E-state index contributed by atoms with van der Waals surface area (Å²) in [5.41, 5.74) is 3.44. The predicted molar refractivity (Wildman–Crippen MR) is 93.3 cm³/mol. The van der Waals surface area contributed by atoms with Gasteiger partial charge in [0.1, 0.15) is 5.65 Å². The molecule has 0 aliphatic carbocycles. The standard InChI is InChI=1S/C20H18N2O/c1-2-7-16(8-3-1)15-23-14-13-22-19-11-5-4-9-17(19)18-10-6-12-21-20(18)22/h1-12H,13-15H2. The highest BCUT2D eigenvalue weighted by atomic mass is 16.5. The number of para-hydroxylation sites is 1. The van der Waals surface area contributed by atoms with E-state index in [0.29, 0.717) is 13.2 Å². The van der Waals surface area contributed by atoms with E-state index in [4.69, 9.17) is 4.74 Å². The van der Waals surface area contributed by atoms with Crippen LogP contribution >= 0.6 is 0 Å². The Bertz CT molecular complexity index is 875. The maximum Gasteiger partial charge on any atom is 0.141 e. The molecule has 4 rings (SSSR count). The van der Waals surface area contributed by atoms with Crippen molar-refractivity contribution in [3.8, 4) is 0 Å². The molecule has 0 amide bonds. The van der Waals surface area contributed by atoms with Crippen molar-refractivity contribution in [1.29, 1.82) is 0 Å². The highest BCUT2D eigenvalue weighted by molar-refractivity contribution is 6.06. The minimum atomic E-state index is 0.644. The van der Waals surface area contributed by atoms with Crippen LogP contribution in [0.25, 0.3) is 21.9 Å². The number of benzene rings is 2. The fraction of sp³-hybridized carbons (Fsp3) is 0.150. The molecule has 0 radical (unpaired) electrons. The van der Waals surface area contributed by atoms with Crippen molar-refractivity contribution >= 4 is 21.9 Å². The highest BCUT2D eigenvalue weighted by Gasteiger charge is 2.10. The van der Waals surface area contributed by atoms with Crippen molar-refractivity contribution < 1.29 is 4.74 Å². The van der Waals surface area contributed by atoms with Crippen LogP contribution in [-0.2, 0) is 17.9 Å². The lowest BCUT2D eigenvalue weighted by Crippen LogP contribution is -2.06. The molecule has 0 spiro atoms. The lowest BCUT2D eigenvalue weighted by Gasteiger charge is -2.08. The Hall–Kier alpha value is -2.65. The number of hydrogen-bond donors (Lipinski definition) is 0. The van der Waals surface area contributed by atoms with E-state index < -0.39 is 0 Å². The zero-order valence-corrected chi connectivity index (χ0v) is 12.9. The smallest absolute Gasteiger partial charge is 0.141 e. The van der Waals surface area contributed by atoms with Gasteiger partial charge in [0.2, 0.25) is 0 Å². The number of pyridine rings is 1. The lowest BCUT2D eigenvalue weighted by atomic mass is 10.2. The van der Waals surface area contributed by atoms with E-state index in [1.54, 1.807) is 0 Å². The fourth-order valence-electron chi connectivity index (χ4n) is 3.02. The van der Waals surface area contributed by atoms with Gasteiger partial charge >= 0.3 is 0 Å². The molecular weight excluding hydrogens is 284 g/mol. The zero-order valence-electron chi connectivity index (χ0n) is 12.9. The largest absolute Gasteiger partial charge is 0.375 e. The monoisotopic (exact) mass is 302 g/mol. The fourth-order valence-corrected chi connectivity index (χ4v) is 3.02. The normalized spacial score (nSPS) is 11.3. The Labute approximate surface area is 135 Å². The van der Waals surface area contributed by atoms with Crippen LogP contribution in [-0.4, -0.2) is 16.2 Å². The van der Waals surface area contributed by atoms with E-state index in [9.17, 15) is 0 Å². The van der Waals surface area contributed by atoms with E-state index in [1.807, 2.05) is 30.5 Å². The Morgan fingerprint density at radius 2 is 1.61 bits per heavy atom. The summed E-state index contributed by atoms with van der Waals surface area (Å²) in [7, 11) is 0. The first-order chi connectivity index (χ1) is 11.4. The number of ether oxygens (including phenoxy) is 1. The van der Waals surface area contributed by atoms with Gasteiger partial charge in [0, 0.05) is 23.5 Å². The average molecular weight is 302 g/mol. The van der Waals surface area contributed by atoms with Gasteiger partial charge in [-0.1, -0.05) is 48.5 Å². The van der Waals surface area contributed by atoms with Crippen molar-refractivity contribution in [2.75, 3.05) is 6.61 Å². The summed E-state index contributed by atoms with van der Waals surface area (Å²) in [6.07, 6.45) is 1.85. The second kappa shape index (κ2) is 6.23. The van der Waals surface area contributed by atoms with Gasteiger partial charge in [0.25, 0.3) is 0 Å². The zero-order chi connectivity index (χ0) is 15.5. The topological polar surface area (TPSA) is 27.1 Å². The molecule has 0 aliphatic heterocycles. The SMILES string of the molecule is c1ccc(COCCn2c3ccccc3c3cccnc32)cc1. The van der Waals surface area contributed by atoms with Crippen LogP contribution in [0.3, 0.4) is 0 Å². The van der Waals surface area contributed by atoms with Gasteiger partial charge < -0.3 is 9.30 Å². The van der Waals surface area contributed by atoms with Crippen molar-refractivity contribution in [2.45, 2.75) is 13.2 Å². The Morgan fingerprint density at radius 1 is 0.826 bits per heavy atom. The predicted octanol–water partition coefficient (Wildman–Crippen LogP) is 4.41. The molecule has 114 valence electrons. The molecule has 0 atom stereocenters. The molecule has 2 aromatic heterocycles. The lowest BCUT2D eigenvalue weighted by molar-refractivity contribution is 0.114. The number of fused-ring (bicyclic) bond motifs is 3. The van der Waals surface area contributed by atoms with Crippen molar-refractivity contribution in [3.05, 3.63) is 78.5 Å². The molecule has 3 nitrogen and oxygen atoms in total. The van der Waals surface area contributed by atoms with Gasteiger partial charge in [-0.05, 0) is 23.8 Å². The second-order valence-electron chi connectivity index (χ2n) is 5.58.